The minimum atomic E-state index is -0.377. The van der Waals surface area contributed by atoms with Crippen LogP contribution < -0.4 is 21.5 Å². The van der Waals surface area contributed by atoms with Crippen LogP contribution in [0.25, 0.3) is 0 Å². The van der Waals surface area contributed by atoms with Gasteiger partial charge in [-0.15, -0.1) is 0 Å². The molecule has 2 rings (SSSR count). The van der Waals surface area contributed by atoms with Crippen LogP contribution in [0.4, 0.5) is 10.5 Å². The van der Waals surface area contributed by atoms with E-state index in [9.17, 15) is 4.79 Å². The second-order valence-corrected chi connectivity index (χ2v) is 4.82. The molecule has 1 unspecified atom stereocenters. The van der Waals surface area contributed by atoms with Crippen LogP contribution in [0.5, 0.6) is 0 Å². The number of anilines is 1. The quantitative estimate of drug-likeness (QED) is 0.500. The van der Waals surface area contributed by atoms with Crippen molar-refractivity contribution in [3.05, 3.63) is 30.3 Å². The molecule has 0 aliphatic carbocycles. The highest BCUT2D eigenvalue weighted by molar-refractivity contribution is 7.80. The number of nitrogens with one attached hydrogen (secondary N) is 4. The van der Waals surface area contributed by atoms with Crippen molar-refractivity contribution < 1.29 is 9.53 Å². The molecule has 1 atom stereocenters. The van der Waals surface area contributed by atoms with Crippen LogP contribution in [-0.4, -0.2) is 30.4 Å². The van der Waals surface area contributed by atoms with Gasteiger partial charge in [-0.2, -0.15) is 0 Å². The molecule has 1 heterocycles. The number of hydrogen-bond acceptors (Lipinski definition) is 3. The summed E-state index contributed by atoms with van der Waals surface area (Å²) in [4.78, 5) is 11.6. The summed E-state index contributed by atoms with van der Waals surface area (Å²) < 4.78 is 5.46. The third kappa shape index (κ3) is 5.02. The highest BCUT2D eigenvalue weighted by Gasteiger charge is 2.15. The molecule has 108 valence electrons. The maximum Gasteiger partial charge on any atom is 0.337 e. The average Bonchev–Trinajstić information content (AvgIpc) is 2.97. The van der Waals surface area contributed by atoms with Crippen molar-refractivity contribution in [1.82, 2.24) is 16.2 Å². The molecule has 0 saturated carbocycles. The van der Waals surface area contributed by atoms with Gasteiger partial charge in [0.05, 0.1) is 6.10 Å². The first-order valence-electron chi connectivity index (χ1n) is 6.51. The molecule has 2 amide bonds. The third-order valence-electron chi connectivity index (χ3n) is 2.84. The number of carbonyl (C=O) groups excluding carboxylic acids is 1. The fourth-order valence-corrected chi connectivity index (χ4v) is 1.99. The molecule has 1 aliphatic heterocycles. The van der Waals surface area contributed by atoms with E-state index in [1.54, 1.807) is 12.1 Å². The molecular formula is C13H18N4O2S. The maximum absolute atomic E-state index is 11.6. The number of para-hydroxylation sites is 1. The molecule has 1 saturated heterocycles. The number of urea groups is 1. The monoisotopic (exact) mass is 294 g/mol. The summed E-state index contributed by atoms with van der Waals surface area (Å²) >= 11 is 5.05. The van der Waals surface area contributed by atoms with E-state index in [-0.39, 0.29) is 12.1 Å². The summed E-state index contributed by atoms with van der Waals surface area (Å²) in [6, 6.07) is 8.79. The molecule has 20 heavy (non-hydrogen) atoms. The van der Waals surface area contributed by atoms with Crippen molar-refractivity contribution in [2.75, 3.05) is 18.5 Å². The number of carbonyl (C=O) groups is 1. The molecule has 1 aromatic rings. The van der Waals surface area contributed by atoms with Crippen molar-refractivity contribution in [2.24, 2.45) is 0 Å². The van der Waals surface area contributed by atoms with Crippen LogP contribution in [-0.2, 0) is 4.74 Å². The first kappa shape index (κ1) is 14.5. The van der Waals surface area contributed by atoms with E-state index >= 15 is 0 Å². The third-order valence-corrected chi connectivity index (χ3v) is 3.08. The van der Waals surface area contributed by atoms with Crippen LogP contribution in [0.1, 0.15) is 12.8 Å². The highest BCUT2D eigenvalue weighted by atomic mass is 32.1. The van der Waals surface area contributed by atoms with Gasteiger partial charge >= 0.3 is 6.03 Å². The fraction of sp³-hybridized carbons (Fsp3) is 0.385. The Morgan fingerprint density at radius 1 is 1.30 bits per heavy atom. The summed E-state index contributed by atoms with van der Waals surface area (Å²) in [7, 11) is 0. The number of amides is 2. The lowest BCUT2D eigenvalue weighted by molar-refractivity contribution is 0.114. The van der Waals surface area contributed by atoms with Crippen LogP contribution in [0.3, 0.4) is 0 Å². The van der Waals surface area contributed by atoms with Gasteiger partial charge in [0.15, 0.2) is 5.11 Å². The van der Waals surface area contributed by atoms with Gasteiger partial charge in [-0.1, -0.05) is 18.2 Å². The van der Waals surface area contributed by atoms with Crippen molar-refractivity contribution in [3.8, 4) is 0 Å². The molecular weight excluding hydrogens is 276 g/mol. The highest BCUT2D eigenvalue weighted by Crippen LogP contribution is 2.10. The molecule has 7 heteroatoms. The zero-order valence-electron chi connectivity index (χ0n) is 11.0. The van der Waals surface area contributed by atoms with E-state index in [4.69, 9.17) is 17.0 Å². The Labute approximate surface area is 123 Å². The molecule has 1 fully saturated rings. The zero-order chi connectivity index (χ0) is 14.2. The largest absolute Gasteiger partial charge is 0.376 e. The fourth-order valence-electron chi connectivity index (χ4n) is 1.85. The number of hydrogen-bond donors (Lipinski definition) is 4. The van der Waals surface area contributed by atoms with Crippen LogP contribution in [0, 0.1) is 0 Å². The van der Waals surface area contributed by atoms with E-state index in [1.165, 1.54) is 0 Å². The molecule has 4 N–H and O–H groups in total. The van der Waals surface area contributed by atoms with Crippen molar-refractivity contribution in [3.63, 3.8) is 0 Å². The Kier molecular flexibility index (Phi) is 5.57. The Morgan fingerprint density at radius 2 is 2.10 bits per heavy atom. The zero-order valence-corrected chi connectivity index (χ0v) is 11.8. The van der Waals surface area contributed by atoms with Crippen LogP contribution >= 0.6 is 12.2 Å². The van der Waals surface area contributed by atoms with Gasteiger partial charge in [0.25, 0.3) is 0 Å². The molecule has 0 spiro atoms. The summed E-state index contributed by atoms with van der Waals surface area (Å²) in [5.41, 5.74) is 5.80. The Morgan fingerprint density at radius 3 is 2.80 bits per heavy atom. The van der Waals surface area contributed by atoms with Gasteiger partial charge in [0, 0.05) is 18.8 Å². The normalized spacial score (nSPS) is 17.3. The van der Waals surface area contributed by atoms with E-state index < -0.39 is 0 Å². The molecule has 1 aromatic carbocycles. The first-order chi connectivity index (χ1) is 9.74. The molecule has 0 bridgehead atoms. The lowest BCUT2D eigenvalue weighted by Gasteiger charge is -2.14. The summed E-state index contributed by atoms with van der Waals surface area (Å²) in [5, 5.41) is 6.03. The standard InChI is InChI=1S/C13H18N4O2S/c18-12(15-10-5-2-1-3-6-10)16-17-13(20)14-9-11-7-4-8-19-11/h1-3,5-6,11H,4,7-9H2,(H2,14,17,20)(H2,15,16,18). The Hall–Kier alpha value is -1.86. The second kappa shape index (κ2) is 7.66. The average molecular weight is 294 g/mol. The maximum atomic E-state index is 11.6. The van der Waals surface area contributed by atoms with E-state index in [0.29, 0.717) is 17.3 Å². The topological polar surface area (TPSA) is 74.4 Å². The van der Waals surface area contributed by atoms with Crippen LogP contribution in [0.15, 0.2) is 30.3 Å². The molecule has 6 nitrogen and oxygen atoms in total. The minimum absolute atomic E-state index is 0.202. The number of benzene rings is 1. The van der Waals surface area contributed by atoms with E-state index in [2.05, 4.69) is 21.5 Å². The summed E-state index contributed by atoms with van der Waals surface area (Å²) in [6.45, 7) is 1.46. The molecule has 0 aromatic heterocycles. The number of rotatable bonds is 3. The van der Waals surface area contributed by atoms with Crippen LogP contribution in [0.2, 0.25) is 0 Å². The predicted octanol–water partition coefficient (Wildman–Crippen LogP) is 1.37. The smallest absolute Gasteiger partial charge is 0.337 e. The van der Waals surface area contributed by atoms with Gasteiger partial charge in [0.2, 0.25) is 0 Å². The van der Waals surface area contributed by atoms with Gasteiger partial charge < -0.3 is 15.4 Å². The van der Waals surface area contributed by atoms with Crippen molar-refractivity contribution in [1.29, 1.82) is 0 Å². The first-order valence-corrected chi connectivity index (χ1v) is 6.92. The lowest BCUT2D eigenvalue weighted by Crippen LogP contribution is -2.49. The van der Waals surface area contributed by atoms with Gasteiger partial charge in [-0.05, 0) is 37.2 Å². The van der Waals surface area contributed by atoms with Gasteiger partial charge in [0.1, 0.15) is 0 Å². The Balaban J connectivity index is 1.61. The van der Waals surface area contributed by atoms with Gasteiger partial charge in [-0.3, -0.25) is 5.43 Å². The second-order valence-electron chi connectivity index (χ2n) is 4.42. The minimum Gasteiger partial charge on any atom is -0.376 e. The predicted molar refractivity (Wildman–Crippen MR) is 81.3 cm³/mol. The van der Waals surface area contributed by atoms with Gasteiger partial charge in [-0.25, -0.2) is 10.2 Å². The molecule has 0 radical (unpaired) electrons. The number of ether oxygens (including phenoxy) is 1. The van der Waals surface area contributed by atoms with Crippen molar-refractivity contribution >= 4 is 29.0 Å². The summed E-state index contributed by atoms with van der Waals surface area (Å²) in [5.74, 6) is 0. The van der Waals surface area contributed by atoms with Crippen molar-refractivity contribution in [2.45, 2.75) is 18.9 Å². The SMILES string of the molecule is O=C(NNC(=S)NCC1CCCO1)Nc1ccccc1. The van der Waals surface area contributed by atoms with E-state index in [0.717, 1.165) is 19.4 Å². The number of thiocarbonyl (C=S) groups is 1. The lowest BCUT2D eigenvalue weighted by atomic mass is 10.2. The summed E-state index contributed by atoms with van der Waals surface area (Å²) in [6.07, 6.45) is 2.33. The molecule has 1 aliphatic rings. The Bertz CT molecular complexity index is 449. The van der Waals surface area contributed by atoms with E-state index in [1.807, 2.05) is 18.2 Å². The number of hydrazine groups is 1.